The highest BCUT2D eigenvalue weighted by atomic mass is 35.5. The van der Waals surface area contributed by atoms with Gasteiger partial charge in [0.2, 0.25) is 11.8 Å². The van der Waals surface area contributed by atoms with Crippen LogP contribution in [0, 0.1) is 13.8 Å². The highest BCUT2D eigenvalue weighted by Gasteiger charge is 2.18. The Balaban J connectivity index is 2.02. The first kappa shape index (κ1) is 18.1. The monoisotopic (exact) mass is 348 g/mol. The van der Waals surface area contributed by atoms with Crippen LogP contribution >= 0.6 is 11.6 Å². The average Bonchev–Trinajstić information content (AvgIpc) is 3.00. The topological polar surface area (TPSA) is 62.6 Å². The van der Waals surface area contributed by atoms with Gasteiger partial charge in [-0.2, -0.15) is 0 Å². The summed E-state index contributed by atoms with van der Waals surface area (Å²) in [6.45, 7) is 5.92. The number of carbonyl (C=O) groups is 2. The first-order valence-corrected chi connectivity index (χ1v) is 8.10. The number of nitrogens with zero attached hydrogens (tertiary/aromatic N) is 1. The Kier molecular flexibility index (Phi) is 6.04. The smallest absolute Gasteiger partial charge is 0.223 e. The van der Waals surface area contributed by atoms with E-state index in [1.807, 2.05) is 26.0 Å². The summed E-state index contributed by atoms with van der Waals surface area (Å²) >= 11 is 6.31. The number of amides is 2. The molecule has 0 saturated heterocycles. The molecule has 128 valence electrons. The zero-order valence-electron chi connectivity index (χ0n) is 14.1. The molecule has 2 aromatic rings. The van der Waals surface area contributed by atoms with E-state index in [4.69, 9.17) is 16.0 Å². The van der Waals surface area contributed by atoms with Gasteiger partial charge >= 0.3 is 0 Å². The number of benzene rings is 1. The number of aryl methyl sites for hydroxylation is 2. The van der Waals surface area contributed by atoms with Crippen molar-refractivity contribution in [3.05, 3.63) is 52.4 Å². The minimum Gasteiger partial charge on any atom is -0.467 e. The van der Waals surface area contributed by atoms with E-state index >= 15 is 0 Å². The Hall–Kier alpha value is -2.27. The van der Waals surface area contributed by atoms with Gasteiger partial charge < -0.3 is 14.6 Å². The Morgan fingerprint density at radius 2 is 2.04 bits per heavy atom. The SMILES string of the molecule is CC(=O)N(CCC(=O)NCc1ccco1)c1c(C)cc(C)cc1Cl. The molecule has 0 aliphatic heterocycles. The zero-order valence-corrected chi connectivity index (χ0v) is 14.8. The molecule has 0 radical (unpaired) electrons. The Labute approximate surface area is 146 Å². The normalized spacial score (nSPS) is 10.5. The molecule has 24 heavy (non-hydrogen) atoms. The number of hydrogen-bond acceptors (Lipinski definition) is 3. The lowest BCUT2D eigenvalue weighted by Crippen LogP contribution is -2.34. The van der Waals surface area contributed by atoms with E-state index in [0.717, 1.165) is 11.1 Å². The molecule has 1 aromatic carbocycles. The number of anilines is 1. The summed E-state index contributed by atoms with van der Waals surface area (Å²) in [6, 6.07) is 7.34. The third-order valence-electron chi connectivity index (χ3n) is 3.65. The van der Waals surface area contributed by atoms with Crippen molar-refractivity contribution in [2.45, 2.75) is 33.7 Å². The molecule has 2 rings (SSSR count). The highest BCUT2D eigenvalue weighted by molar-refractivity contribution is 6.34. The van der Waals surface area contributed by atoms with Gasteiger partial charge in [-0.05, 0) is 43.2 Å². The fourth-order valence-electron chi connectivity index (χ4n) is 2.58. The van der Waals surface area contributed by atoms with Crippen LogP contribution in [0.2, 0.25) is 5.02 Å². The zero-order chi connectivity index (χ0) is 17.7. The lowest BCUT2D eigenvalue weighted by atomic mass is 10.1. The largest absolute Gasteiger partial charge is 0.467 e. The van der Waals surface area contributed by atoms with E-state index in [9.17, 15) is 9.59 Å². The van der Waals surface area contributed by atoms with Crippen LogP contribution in [0.3, 0.4) is 0 Å². The van der Waals surface area contributed by atoms with Crippen molar-refractivity contribution in [1.29, 1.82) is 0 Å². The van der Waals surface area contributed by atoms with Crippen LogP contribution in [0.15, 0.2) is 34.9 Å². The van der Waals surface area contributed by atoms with Crippen LogP contribution in [0.1, 0.15) is 30.2 Å². The van der Waals surface area contributed by atoms with E-state index in [1.54, 1.807) is 23.3 Å². The van der Waals surface area contributed by atoms with Crippen molar-refractivity contribution in [1.82, 2.24) is 5.32 Å². The van der Waals surface area contributed by atoms with Gasteiger partial charge in [0.25, 0.3) is 0 Å². The molecule has 0 bridgehead atoms. The minimum atomic E-state index is -0.154. The molecule has 1 N–H and O–H groups in total. The molecular weight excluding hydrogens is 328 g/mol. The van der Waals surface area contributed by atoms with Crippen LogP contribution in [-0.2, 0) is 16.1 Å². The first-order chi connectivity index (χ1) is 11.4. The predicted molar refractivity (Wildman–Crippen MR) is 94.1 cm³/mol. The summed E-state index contributed by atoms with van der Waals surface area (Å²) < 4.78 is 5.16. The van der Waals surface area contributed by atoms with Gasteiger partial charge in [-0.3, -0.25) is 9.59 Å². The van der Waals surface area contributed by atoms with Gasteiger partial charge in [-0.15, -0.1) is 0 Å². The minimum absolute atomic E-state index is 0.150. The fourth-order valence-corrected chi connectivity index (χ4v) is 3.00. The molecule has 0 spiro atoms. The summed E-state index contributed by atoms with van der Waals surface area (Å²) in [5, 5.41) is 3.28. The molecular formula is C18H21ClN2O3. The number of hydrogen-bond donors (Lipinski definition) is 1. The number of furan rings is 1. The van der Waals surface area contributed by atoms with Gasteiger partial charge in [0.1, 0.15) is 5.76 Å². The molecule has 0 fully saturated rings. The molecule has 5 nitrogen and oxygen atoms in total. The summed E-state index contributed by atoms with van der Waals surface area (Å²) in [7, 11) is 0. The summed E-state index contributed by atoms with van der Waals surface area (Å²) in [4.78, 5) is 25.6. The van der Waals surface area contributed by atoms with Crippen molar-refractivity contribution in [3.63, 3.8) is 0 Å². The second kappa shape index (κ2) is 8.02. The van der Waals surface area contributed by atoms with Gasteiger partial charge in [0.15, 0.2) is 0 Å². The summed E-state index contributed by atoms with van der Waals surface area (Å²) in [6.07, 6.45) is 1.74. The van der Waals surface area contributed by atoms with Crippen molar-refractivity contribution in [2.24, 2.45) is 0 Å². The van der Waals surface area contributed by atoms with E-state index in [0.29, 0.717) is 23.0 Å². The summed E-state index contributed by atoms with van der Waals surface area (Å²) in [5.74, 6) is 0.380. The second-order valence-electron chi connectivity index (χ2n) is 5.69. The Morgan fingerprint density at radius 1 is 1.29 bits per heavy atom. The predicted octanol–water partition coefficient (Wildman–Crippen LogP) is 3.61. The quantitative estimate of drug-likeness (QED) is 0.867. The lowest BCUT2D eigenvalue weighted by Gasteiger charge is -2.24. The molecule has 0 saturated carbocycles. The third-order valence-corrected chi connectivity index (χ3v) is 3.94. The van der Waals surface area contributed by atoms with Crippen molar-refractivity contribution in [2.75, 3.05) is 11.4 Å². The van der Waals surface area contributed by atoms with Crippen molar-refractivity contribution in [3.8, 4) is 0 Å². The Morgan fingerprint density at radius 3 is 2.62 bits per heavy atom. The van der Waals surface area contributed by atoms with Crippen molar-refractivity contribution < 1.29 is 14.0 Å². The molecule has 1 aromatic heterocycles. The first-order valence-electron chi connectivity index (χ1n) is 7.72. The number of nitrogens with one attached hydrogen (secondary N) is 1. The van der Waals surface area contributed by atoms with E-state index in [-0.39, 0.29) is 24.8 Å². The van der Waals surface area contributed by atoms with Crippen LogP contribution in [-0.4, -0.2) is 18.4 Å². The standard InChI is InChI=1S/C18H21ClN2O3/c1-12-9-13(2)18(16(19)10-12)21(14(3)22)7-6-17(23)20-11-15-5-4-8-24-15/h4-5,8-10H,6-7,11H2,1-3H3,(H,20,23). The van der Waals surface area contributed by atoms with Crippen molar-refractivity contribution >= 4 is 29.1 Å². The van der Waals surface area contributed by atoms with Gasteiger partial charge in [-0.25, -0.2) is 0 Å². The maximum atomic E-state index is 12.0. The molecule has 6 heteroatoms. The molecule has 0 unspecified atom stereocenters. The maximum Gasteiger partial charge on any atom is 0.223 e. The second-order valence-corrected chi connectivity index (χ2v) is 6.10. The lowest BCUT2D eigenvalue weighted by molar-refractivity contribution is -0.121. The maximum absolute atomic E-state index is 12.0. The molecule has 0 atom stereocenters. The number of rotatable bonds is 6. The number of halogens is 1. The number of carbonyl (C=O) groups excluding carboxylic acids is 2. The third kappa shape index (κ3) is 4.61. The van der Waals surface area contributed by atoms with E-state index in [1.165, 1.54) is 6.92 Å². The Bertz CT molecular complexity index is 703. The molecule has 0 aliphatic rings. The van der Waals surface area contributed by atoms with Crippen LogP contribution in [0.4, 0.5) is 5.69 Å². The highest BCUT2D eigenvalue weighted by Crippen LogP contribution is 2.31. The van der Waals surface area contributed by atoms with Gasteiger partial charge in [0, 0.05) is 19.9 Å². The summed E-state index contributed by atoms with van der Waals surface area (Å²) in [5.41, 5.74) is 2.60. The molecule has 1 heterocycles. The van der Waals surface area contributed by atoms with Crippen LogP contribution < -0.4 is 10.2 Å². The molecule has 0 aliphatic carbocycles. The fraction of sp³-hybridized carbons (Fsp3) is 0.333. The van der Waals surface area contributed by atoms with Gasteiger partial charge in [0.05, 0.1) is 23.5 Å². The molecule has 2 amide bonds. The van der Waals surface area contributed by atoms with Gasteiger partial charge in [-0.1, -0.05) is 17.7 Å². The average molecular weight is 349 g/mol. The van der Waals surface area contributed by atoms with Crippen LogP contribution in [0.5, 0.6) is 0 Å². The van der Waals surface area contributed by atoms with Crippen LogP contribution in [0.25, 0.3) is 0 Å². The van der Waals surface area contributed by atoms with E-state index < -0.39 is 0 Å². The van der Waals surface area contributed by atoms with E-state index in [2.05, 4.69) is 5.32 Å².